The Bertz CT molecular complexity index is 488. The van der Waals surface area contributed by atoms with Crippen LogP contribution in [-0.2, 0) is 9.57 Å². The van der Waals surface area contributed by atoms with Crippen molar-refractivity contribution in [3.63, 3.8) is 0 Å². The average Bonchev–Trinajstić information content (AvgIpc) is 2.59. The van der Waals surface area contributed by atoms with Gasteiger partial charge in [0.25, 0.3) is 5.91 Å². The lowest BCUT2D eigenvalue weighted by molar-refractivity contribution is -0.186. The molecule has 2 rings (SSSR count). The monoisotopic (exact) mass is 311 g/mol. The molecule has 1 atom stereocenters. The Morgan fingerprint density at radius 1 is 1.14 bits per heavy atom. The van der Waals surface area contributed by atoms with E-state index in [0.29, 0.717) is 29.4 Å². The van der Waals surface area contributed by atoms with E-state index >= 15 is 0 Å². The fraction of sp³-hybridized carbons (Fsp3) is 0.533. The molecule has 0 aromatic heterocycles. The smallest absolute Gasteiger partial charge is 0.275 e. The maximum absolute atomic E-state index is 12.2. The van der Waals surface area contributed by atoms with Gasteiger partial charge in [-0.25, -0.2) is 10.3 Å². The summed E-state index contributed by atoms with van der Waals surface area (Å²) in [5.74, 6) is 0.827. The molecule has 1 N–H and O–H groups in total. The van der Waals surface area contributed by atoms with Gasteiger partial charge in [-0.1, -0.05) is 0 Å². The molecule has 1 aromatic carbocycles. The van der Waals surface area contributed by atoms with Crippen LogP contribution in [-0.4, -0.2) is 40.1 Å². The van der Waals surface area contributed by atoms with Gasteiger partial charge in [-0.05, 0) is 25.0 Å². The third kappa shape index (κ3) is 3.80. The van der Waals surface area contributed by atoms with Crippen LogP contribution < -0.4 is 19.7 Å². The summed E-state index contributed by atoms with van der Waals surface area (Å²) in [7, 11) is 4.49. The highest BCUT2D eigenvalue weighted by Crippen LogP contribution is 2.38. The summed E-state index contributed by atoms with van der Waals surface area (Å²) < 4.78 is 21.0. The maximum atomic E-state index is 12.2. The van der Waals surface area contributed by atoms with E-state index in [4.69, 9.17) is 23.8 Å². The Kier molecular flexibility index (Phi) is 5.85. The standard InChI is InChI=1S/C15H21NO6/c1-18-11-8-10(9-12(19-2)14(11)20-3)15(17)16-22-13-6-4-5-7-21-13/h8-9,13H,4-7H2,1-3H3,(H,16,17)/t13-/m0/s1. The highest BCUT2D eigenvalue weighted by atomic mass is 16.8. The Labute approximate surface area is 129 Å². The lowest BCUT2D eigenvalue weighted by Crippen LogP contribution is -2.33. The molecule has 1 fully saturated rings. The number of rotatable bonds is 6. The molecule has 0 radical (unpaired) electrons. The van der Waals surface area contributed by atoms with Crippen LogP contribution >= 0.6 is 0 Å². The predicted molar refractivity (Wildman–Crippen MR) is 78.2 cm³/mol. The summed E-state index contributed by atoms with van der Waals surface area (Å²) in [6.45, 7) is 0.644. The Morgan fingerprint density at radius 2 is 1.82 bits per heavy atom. The summed E-state index contributed by atoms with van der Waals surface area (Å²) in [6, 6.07) is 3.11. The van der Waals surface area contributed by atoms with E-state index in [-0.39, 0.29) is 0 Å². The van der Waals surface area contributed by atoms with Crippen LogP contribution in [0.4, 0.5) is 0 Å². The van der Waals surface area contributed by atoms with Crippen LogP contribution in [0.3, 0.4) is 0 Å². The molecular formula is C15H21NO6. The molecule has 0 bridgehead atoms. The van der Waals surface area contributed by atoms with Crippen LogP contribution in [0.5, 0.6) is 17.2 Å². The van der Waals surface area contributed by atoms with Gasteiger partial charge in [0.05, 0.1) is 21.3 Å². The van der Waals surface area contributed by atoms with Crippen molar-refractivity contribution < 1.29 is 28.6 Å². The van der Waals surface area contributed by atoms with E-state index < -0.39 is 12.2 Å². The van der Waals surface area contributed by atoms with Crippen molar-refractivity contribution in [2.45, 2.75) is 25.6 Å². The van der Waals surface area contributed by atoms with Crippen LogP contribution in [0, 0.1) is 0 Å². The average molecular weight is 311 g/mol. The van der Waals surface area contributed by atoms with Gasteiger partial charge in [-0.15, -0.1) is 0 Å². The van der Waals surface area contributed by atoms with Gasteiger partial charge < -0.3 is 18.9 Å². The number of hydrogen-bond donors (Lipinski definition) is 1. The van der Waals surface area contributed by atoms with E-state index in [0.717, 1.165) is 19.3 Å². The molecule has 1 aromatic rings. The number of benzene rings is 1. The van der Waals surface area contributed by atoms with Gasteiger partial charge in [-0.2, -0.15) is 0 Å². The summed E-state index contributed by atoms with van der Waals surface area (Å²) in [5.41, 5.74) is 2.73. The van der Waals surface area contributed by atoms with Crippen molar-refractivity contribution in [2.24, 2.45) is 0 Å². The quantitative estimate of drug-likeness (QED) is 0.809. The number of methoxy groups -OCH3 is 3. The summed E-state index contributed by atoms with van der Waals surface area (Å²) >= 11 is 0. The molecule has 22 heavy (non-hydrogen) atoms. The predicted octanol–water partition coefficient (Wildman–Crippen LogP) is 1.90. The Morgan fingerprint density at radius 3 is 2.32 bits per heavy atom. The highest BCUT2D eigenvalue weighted by Gasteiger charge is 2.19. The van der Waals surface area contributed by atoms with Gasteiger partial charge in [-0.3, -0.25) is 4.79 Å². The fourth-order valence-electron chi connectivity index (χ4n) is 2.19. The van der Waals surface area contributed by atoms with Crippen molar-refractivity contribution in [2.75, 3.05) is 27.9 Å². The zero-order chi connectivity index (χ0) is 15.9. The number of ether oxygens (including phenoxy) is 4. The summed E-state index contributed by atoms with van der Waals surface area (Å²) in [4.78, 5) is 17.4. The van der Waals surface area contributed by atoms with E-state index in [1.54, 1.807) is 12.1 Å². The van der Waals surface area contributed by atoms with E-state index in [2.05, 4.69) is 5.48 Å². The van der Waals surface area contributed by atoms with Crippen molar-refractivity contribution >= 4 is 5.91 Å². The molecule has 1 aliphatic rings. The molecule has 1 saturated heterocycles. The third-order valence-corrected chi connectivity index (χ3v) is 3.35. The molecule has 0 aliphatic carbocycles. The van der Waals surface area contributed by atoms with Gasteiger partial charge in [0.2, 0.25) is 5.75 Å². The third-order valence-electron chi connectivity index (χ3n) is 3.35. The molecule has 0 saturated carbocycles. The zero-order valence-corrected chi connectivity index (χ0v) is 13.0. The molecular weight excluding hydrogens is 290 g/mol. The zero-order valence-electron chi connectivity index (χ0n) is 13.0. The summed E-state index contributed by atoms with van der Waals surface area (Å²) in [6.07, 6.45) is 2.39. The van der Waals surface area contributed by atoms with Crippen molar-refractivity contribution in [1.82, 2.24) is 5.48 Å². The largest absolute Gasteiger partial charge is 0.493 e. The number of hydrogen-bond acceptors (Lipinski definition) is 6. The van der Waals surface area contributed by atoms with Crippen LogP contribution in [0.2, 0.25) is 0 Å². The van der Waals surface area contributed by atoms with Crippen molar-refractivity contribution in [3.8, 4) is 17.2 Å². The molecule has 0 spiro atoms. The van der Waals surface area contributed by atoms with Crippen molar-refractivity contribution in [3.05, 3.63) is 17.7 Å². The second kappa shape index (κ2) is 7.86. The summed E-state index contributed by atoms with van der Waals surface area (Å²) in [5, 5.41) is 0. The first kappa shape index (κ1) is 16.4. The highest BCUT2D eigenvalue weighted by molar-refractivity contribution is 5.95. The molecule has 7 heteroatoms. The van der Waals surface area contributed by atoms with Gasteiger partial charge >= 0.3 is 0 Å². The van der Waals surface area contributed by atoms with E-state index in [1.807, 2.05) is 0 Å². The van der Waals surface area contributed by atoms with Crippen molar-refractivity contribution in [1.29, 1.82) is 0 Å². The first-order chi connectivity index (χ1) is 10.7. The number of amides is 1. The van der Waals surface area contributed by atoms with Crippen LogP contribution in [0.25, 0.3) is 0 Å². The number of carbonyl (C=O) groups is 1. The molecule has 1 amide bonds. The fourth-order valence-corrected chi connectivity index (χ4v) is 2.19. The Balaban J connectivity index is 2.08. The Hall–Kier alpha value is -1.99. The number of nitrogens with one attached hydrogen (secondary N) is 1. The minimum Gasteiger partial charge on any atom is -0.493 e. The molecule has 1 aliphatic heterocycles. The maximum Gasteiger partial charge on any atom is 0.275 e. The van der Waals surface area contributed by atoms with E-state index in [1.165, 1.54) is 21.3 Å². The van der Waals surface area contributed by atoms with Crippen LogP contribution in [0.15, 0.2) is 12.1 Å². The minimum atomic E-state index is -0.409. The van der Waals surface area contributed by atoms with E-state index in [9.17, 15) is 4.79 Å². The normalized spacial score (nSPS) is 17.7. The van der Waals surface area contributed by atoms with Gasteiger partial charge in [0.1, 0.15) is 0 Å². The van der Waals surface area contributed by atoms with Crippen LogP contribution in [0.1, 0.15) is 29.6 Å². The topological polar surface area (TPSA) is 75.3 Å². The SMILES string of the molecule is COc1cc(C(=O)NO[C@H]2CCCCO2)cc(OC)c1OC. The van der Waals surface area contributed by atoms with Gasteiger partial charge in [0.15, 0.2) is 17.8 Å². The molecule has 122 valence electrons. The minimum absolute atomic E-state index is 0.338. The van der Waals surface area contributed by atoms with Gasteiger partial charge in [0, 0.05) is 18.6 Å². The second-order valence-corrected chi connectivity index (χ2v) is 4.76. The molecule has 0 unspecified atom stereocenters. The number of carbonyl (C=O) groups excluding carboxylic acids is 1. The second-order valence-electron chi connectivity index (χ2n) is 4.76. The molecule has 7 nitrogen and oxygen atoms in total. The first-order valence-corrected chi connectivity index (χ1v) is 7.07. The first-order valence-electron chi connectivity index (χ1n) is 7.07. The lowest BCUT2D eigenvalue weighted by atomic mass is 10.1. The number of hydroxylamine groups is 1. The lowest BCUT2D eigenvalue weighted by Gasteiger charge is -2.22. The molecule has 1 heterocycles.